The number of nitriles is 1. The number of hydrogen-bond acceptors (Lipinski definition) is 3. The summed E-state index contributed by atoms with van der Waals surface area (Å²) in [5.74, 6) is 0.706. The molecule has 9 heavy (non-hydrogen) atoms. The third kappa shape index (κ3) is 1.05. The van der Waals surface area contributed by atoms with Gasteiger partial charge in [-0.05, 0) is 0 Å². The fourth-order valence-corrected chi connectivity index (χ4v) is 0.538. The third-order valence-corrected chi connectivity index (χ3v) is 1.04. The van der Waals surface area contributed by atoms with Crippen molar-refractivity contribution < 1.29 is 0 Å². The van der Waals surface area contributed by atoms with Crippen molar-refractivity contribution in [3.8, 4) is 6.07 Å². The zero-order valence-electron chi connectivity index (χ0n) is 5.07. The van der Waals surface area contributed by atoms with Crippen LogP contribution < -0.4 is 0 Å². The van der Waals surface area contributed by atoms with Crippen LogP contribution in [0.2, 0.25) is 0 Å². The van der Waals surface area contributed by atoms with Crippen LogP contribution in [0.5, 0.6) is 0 Å². The largest absolute Gasteiger partial charge is 0.320 e. The molecule has 46 valence electrons. The van der Waals surface area contributed by atoms with Gasteiger partial charge in [-0.15, -0.1) is 10.2 Å². The maximum atomic E-state index is 8.23. The monoisotopic (exact) mass is 122 g/mol. The van der Waals surface area contributed by atoms with Gasteiger partial charge in [0.05, 0.1) is 12.5 Å². The molecule has 0 aliphatic heterocycles. The van der Waals surface area contributed by atoms with Gasteiger partial charge < -0.3 is 4.57 Å². The normalized spacial score (nSPS) is 8.89. The van der Waals surface area contributed by atoms with Gasteiger partial charge in [-0.25, -0.2) is 0 Å². The summed E-state index contributed by atoms with van der Waals surface area (Å²) in [5.41, 5.74) is 0. The summed E-state index contributed by atoms with van der Waals surface area (Å²) in [4.78, 5) is 0. The lowest BCUT2D eigenvalue weighted by Crippen LogP contribution is -1.94. The molecule has 0 N–H and O–H groups in total. The van der Waals surface area contributed by atoms with Gasteiger partial charge in [0.1, 0.15) is 12.2 Å². The first-order valence-electron chi connectivity index (χ1n) is 2.54. The predicted octanol–water partition coefficient (Wildman–Crippen LogP) is -0.119. The molecule has 0 aromatic carbocycles. The van der Waals surface area contributed by atoms with Crippen molar-refractivity contribution in [3.63, 3.8) is 0 Å². The van der Waals surface area contributed by atoms with E-state index in [0.29, 0.717) is 12.2 Å². The Balaban J connectivity index is 2.84. The SMILES string of the molecule is Cn1cnnc1CC#N. The Labute approximate surface area is 52.7 Å². The van der Waals surface area contributed by atoms with Crippen LogP contribution in [-0.4, -0.2) is 14.8 Å². The van der Waals surface area contributed by atoms with Crippen LogP contribution in [0, 0.1) is 11.3 Å². The molecule has 0 amide bonds. The van der Waals surface area contributed by atoms with E-state index in [1.807, 2.05) is 13.1 Å². The van der Waals surface area contributed by atoms with Gasteiger partial charge in [-0.1, -0.05) is 0 Å². The zero-order valence-corrected chi connectivity index (χ0v) is 5.07. The maximum absolute atomic E-state index is 8.23. The van der Waals surface area contributed by atoms with E-state index in [4.69, 9.17) is 5.26 Å². The second-order valence-electron chi connectivity index (χ2n) is 1.69. The molecule has 1 heterocycles. The molecule has 0 aliphatic rings. The van der Waals surface area contributed by atoms with Crippen molar-refractivity contribution in [1.29, 1.82) is 5.26 Å². The van der Waals surface area contributed by atoms with E-state index in [1.54, 1.807) is 10.9 Å². The molecule has 1 rings (SSSR count). The first kappa shape index (κ1) is 5.76. The molecule has 0 fully saturated rings. The second kappa shape index (κ2) is 2.27. The molecule has 4 heteroatoms. The first-order valence-corrected chi connectivity index (χ1v) is 2.54. The molecule has 0 radical (unpaired) electrons. The summed E-state index contributed by atoms with van der Waals surface area (Å²) in [6.45, 7) is 0. The topological polar surface area (TPSA) is 54.5 Å². The van der Waals surface area contributed by atoms with Gasteiger partial charge in [0.25, 0.3) is 0 Å². The Morgan fingerprint density at radius 3 is 3.11 bits per heavy atom. The molecular weight excluding hydrogens is 116 g/mol. The van der Waals surface area contributed by atoms with E-state index < -0.39 is 0 Å². The Morgan fingerprint density at radius 2 is 2.67 bits per heavy atom. The number of rotatable bonds is 1. The van der Waals surface area contributed by atoms with Gasteiger partial charge in [-0.3, -0.25) is 0 Å². The molecule has 0 spiro atoms. The lowest BCUT2D eigenvalue weighted by molar-refractivity contribution is 0.833. The van der Waals surface area contributed by atoms with Crippen molar-refractivity contribution in [2.24, 2.45) is 7.05 Å². The number of aryl methyl sites for hydroxylation is 1. The van der Waals surface area contributed by atoms with E-state index in [2.05, 4.69) is 10.2 Å². The number of nitrogens with zero attached hydrogens (tertiary/aromatic N) is 4. The minimum Gasteiger partial charge on any atom is -0.320 e. The smallest absolute Gasteiger partial charge is 0.146 e. The van der Waals surface area contributed by atoms with Crippen molar-refractivity contribution in [3.05, 3.63) is 12.2 Å². The maximum Gasteiger partial charge on any atom is 0.146 e. The van der Waals surface area contributed by atoms with Crippen LogP contribution in [0.4, 0.5) is 0 Å². The van der Waals surface area contributed by atoms with Crippen LogP contribution in [-0.2, 0) is 13.5 Å². The molecule has 0 aliphatic carbocycles. The summed E-state index contributed by atoms with van der Waals surface area (Å²) < 4.78 is 1.73. The Bertz CT molecular complexity index is 231. The van der Waals surface area contributed by atoms with Crippen LogP contribution >= 0.6 is 0 Å². The van der Waals surface area contributed by atoms with Crippen molar-refractivity contribution >= 4 is 0 Å². The Morgan fingerprint density at radius 1 is 1.89 bits per heavy atom. The van der Waals surface area contributed by atoms with Crippen LogP contribution in [0.1, 0.15) is 5.82 Å². The molecule has 0 saturated carbocycles. The summed E-state index contributed by atoms with van der Waals surface area (Å²) in [6.07, 6.45) is 1.91. The fraction of sp³-hybridized carbons (Fsp3) is 0.400. The van der Waals surface area contributed by atoms with Gasteiger partial charge >= 0.3 is 0 Å². The minimum atomic E-state index is 0.330. The van der Waals surface area contributed by atoms with Gasteiger partial charge in [0.15, 0.2) is 0 Å². The van der Waals surface area contributed by atoms with Crippen molar-refractivity contribution in [1.82, 2.24) is 14.8 Å². The summed E-state index contributed by atoms with van der Waals surface area (Å²) >= 11 is 0. The van der Waals surface area contributed by atoms with E-state index in [1.165, 1.54) is 0 Å². The quantitative estimate of drug-likeness (QED) is 0.521. The van der Waals surface area contributed by atoms with Gasteiger partial charge in [0.2, 0.25) is 0 Å². The number of aromatic nitrogens is 3. The Hall–Kier alpha value is -1.37. The van der Waals surface area contributed by atoms with E-state index >= 15 is 0 Å². The summed E-state index contributed by atoms with van der Waals surface area (Å²) in [5, 5.41) is 15.5. The molecular formula is C5H6N4. The lowest BCUT2D eigenvalue weighted by Gasteiger charge is -1.88. The van der Waals surface area contributed by atoms with Crippen LogP contribution in [0.25, 0.3) is 0 Å². The molecule has 0 saturated heterocycles. The molecule has 0 bridgehead atoms. The van der Waals surface area contributed by atoms with E-state index in [0.717, 1.165) is 0 Å². The molecule has 1 aromatic rings. The summed E-state index contributed by atoms with van der Waals surface area (Å²) in [6, 6.07) is 1.99. The highest BCUT2D eigenvalue weighted by molar-refractivity contribution is 4.93. The highest BCUT2D eigenvalue weighted by Crippen LogP contribution is 1.89. The zero-order chi connectivity index (χ0) is 6.69. The lowest BCUT2D eigenvalue weighted by atomic mass is 10.4. The average molecular weight is 122 g/mol. The van der Waals surface area contributed by atoms with E-state index in [-0.39, 0.29) is 0 Å². The second-order valence-corrected chi connectivity index (χ2v) is 1.69. The molecule has 1 aromatic heterocycles. The summed E-state index contributed by atoms with van der Waals surface area (Å²) in [7, 11) is 1.81. The van der Waals surface area contributed by atoms with Crippen molar-refractivity contribution in [2.45, 2.75) is 6.42 Å². The van der Waals surface area contributed by atoms with Gasteiger partial charge in [-0.2, -0.15) is 5.26 Å². The highest BCUT2D eigenvalue weighted by Gasteiger charge is 1.95. The third-order valence-electron chi connectivity index (χ3n) is 1.04. The predicted molar refractivity (Wildman–Crippen MR) is 30.3 cm³/mol. The van der Waals surface area contributed by atoms with Gasteiger partial charge in [0, 0.05) is 7.05 Å². The van der Waals surface area contributed by atoms with Crippen LogP contribution in [0.15, 0.2) is 6.33 Å². The molecule has 0 unspecified atom stereocenters. The fourth-order valence-electron chi connectivity index (χ4n) is 0.538. The van der Waals surface area contributed by atoms with Crippen molar-refractivity contribution in [2.75, 3.05) is 0 Å². The standard InChI is InChI=1S/C5H6N4/c1-9-4-7-8-5(9)2-3-6/h4H,2H2,1H3. The minimum absolute atomic E-state index is 0.330. The number of hydrogen-bond donors (Lipinski definition) is 0. The molecule has 4 nitrogen and oxygen atoms in total. The van der Waals surface area contributed by atoms with E-state index in [9.17, 15) is 0 Å². The highest BCUT2D eigenvalue weighted by atomic mass is 15.2. The average Bonchev–Trinajstić information content (AvgIpc) is 2.18. The molecule has 0 atom stereocenters. The Kier molecular flexibility index (Phi) is 1.45. The first-order chi connectivity index (χ1) is 4.34. The van der Waals surface area contributed by atoms with Crippen LogP contribution in [0.3, 0.4) is 0 Å².